The second-order valence-corrected chi connectivity index (χ2v) is 3.68. The summed E-state index contributed by atoms with van der Waals surface area (Å²) in [7, 11) is 0. The zero-order chi connectivity index (χ0) is 7.12. The van der Waals surface area contributed by atoms with Crippen LogP contribution in [0.3, 0.4) is 0 Å². The van der Waals surface area contributed by atoms with Gasteiger partial charge in [0.25, 0.3) is 0 Å². The highest BCUT2D eigenvalue weighted by atomic mass is 14.9. The second-order valence-electron chi connectivity index (χ2n) is 3.68. The molecule has 0 bridgehead atoms. The molecule has 1 aliphatic carbocycles. The number of nitrogens with two attached hydrogens (primary N) is 2. The molecule has 0 spiro atoms. The zero-order valence-electron chi connectivity index (χ0n) is 6.28. The summed E-state index contributed by atoms with van der Waals surface area (Å²) < 4.78 is 0. The van der Waals surface area contributed by atoms with Crippen LogP contribution in [0.5, 0.6) is 0 Å². The Morgan fingerprint density at radius 3 is 2.11 bits per heavy atom. The molecule has 0 amide bonds. The van der Waals surface area contributed by atoms with Crippen molar-refractivity contribution in [1.82, 2.24) is 0 Å². The fourth-order valence-electron chi connectivity index (χ4n) is 1.01. The standard InChI is InChI=1S/C7H16N2/c1-6(3-4-6)7(2,9)5-8/h3-5,8-9H2,1-2H3. The van der Waals surface area contributed by atoms with Crippen molar-refractivity contribution < 1.29 is 0 Å². The summed E-state index contributed by atoms with van der Waals surface area (Å²) in [5.41, 5.74) is 11.7. The van der Waals surface area contributed by atoms with Crippen LogP contribution in [0.4, 0.5) is 0 Å². The molecule has 1 unspecified atom stereocenters. The second kappa shape index (κ2) is 1.70. The van der Waals surface area contributed by atoms with Crippen LogP contribution in [-0.4, -0.2) is 12.1 Å². The SMILES string of the molecule is CC(N)(CN)C1(C)CC1. The average Bonchev–Trinajstić information content (AvgIpc) is 2.49. The molecule has 9 heavy (non-hydrogen) atoms. The highest BCUT2D eigenvalue weighted by Gasteiger charge is 2.49. The first-order chi connectivity index (χ1) is 4.02. The Morgan fingerprint density at radius 2 is 2.00 bits per heavy atom. The summed E-state index contributed by atoms with van der Waals surface area (Å²) in [6.45, 7) is 4.85. The minimum Gasteiger partial charge on any atom is -0.329 e. The van der Waals surface area contributed by atoms with Crippen molar-refractivity contribution >= 4 is 0 Å². The normalized spacial score (nSPS) is 29.3. The van der Waals surface area contributed by atoms with Gasteiger partial charge in [-0.25, -0.2) is 0 Å². The Kier molecular flexibility index (Phi) is 1.33. The van der Waals surface area contributed by atoms with Gasteiger partial charge in [0.15, 0.2) is 0 Å². The van der Waals surface area contributed by atoms with Crippen molar-refractivity contribution in [3.63, 3.8) is 0 Å². The Labute approximate surface area is 56.6 Å². The van der Waals surface area contributed by atoms with E-state index in [4.69, 9.17) is 11.5 Å². The minimum absolute atomic E-state index is 0.132. The summed E-state index contributed by atoms with van der Waals surface area (Å²) in [5, 5.41) is 0. The molecule has 0 saturated heterocycles. The molecule has 0 aromatic carbocycles. The zero-order valence-corrected chi connectivity index (χ0v) is 6.28. The number of hydrogen-bond donors (Lipinski definition) is 2. The van der Waals surface area contributed by atoms with Gasteiger partial charge in [0.2, 0.25) is 0 Å². The van der Waals surface area contributed by atoms with Gasteiger partial charge in [-0.15, -0.1) is 0 Å². The maximum atomic E-state index is 5.93. The molecule has 1 rings (SSSR count). The average molecular weight is 128 g/mol. The predicted octanol–water partition coefficient (Wildman–Crippen LogP) is 0.463. The van der Waals surface area contributed by atoms with Crippen LogP contribution >= 0.6 is 0 Å². The van der Waals surface area contributed by atoms with Crippen molar-refractivity contribution in [3.05, 3.63) is 0 Å². The van der Waals surface area contributed by atoms with Crippen molar-refractivity contribution in [2.24, 2.45) is 16.9 Å². The molecule has 0 radical (unpaired) electrons. The number of hydrogen-bond acceptors (Lipinski definition) is 2. The molecule has 0 aromatic heterocycles. The predicted molar refractivity (Wildman–Crippen MR) is 39.0 cm³/mol. The van der Waals surface area contributed by atoms with Gasteiger partial charge in [-0.3, -0.25) is 0 Å². The van der Waals surface area contributed by atoms with Crippen LogP contribution in [-0.2, 0) is 0 Å². The molecule has 1 atom stereocenters. The van der Waals surface area contributed by atoms with Gasteiger partial charge in [-0.1, -0.05) is 6.92 Å². The summed E-state index contributed by atoms with van der Waals surface area (Å²) in [6, 6.07) is 0. The van der Waals surface area contributed by atoms with Crippen LogP contribution < -0.4 is 11.5 Å². The summed E-state index contributed by atoms with van der Waals surface area (Å²) in [5.74, 6) is 0. The lowest BCUT2D eigenvalue weighted by atomic mass is 9.85. The van der Waals surface area contributed by atoms with Crippen molar-refractivity contribution in [2.45, 2.75) is 32.2 Å². The first kappa shape index (κ1) is 7.03. The quantitative estimate of drug-likeness (QED) is 0.567. The van der Waals surface area contributed by atoms with E-state index in [1.807, 2.05) is 6.92 Å². The largest absolute Gasteiger partial charge is 0.329 e. The van der Waals surface area contributed by atoms with E-state index in [0.29, 0.717) is 12.0 Å². The van der Waals surface area contributed by atoms with Gasteiger partial charge in [-0.05, 0) is 25.2 Å². The fourth-order valence-corrected chi connectivity index (χ4v) is 1.01. The van der Waals surface area contributed by atoms with Gasteiger partial charge >= 0.3 is 0 Å². The molecule has 1 saturated carbocycles. The first-order valence-electron chi connectivity index (χ1n) is 3.51. The Bertz CT molecular complexity index is 114. The summed E-state index contributed by atoms with van der Waals surface area (Å²) >= 11 is 0. The lowest BCUT2D eigenvalue weighted by molar-refractivity contribution is 0.303. The van der Waals surface area contributed by atoms with Crippen molar-refractivity contribution in [1.29, 1.82) is 0 Å². The van der Waals surface area contributed by atoms with Crippen LogP contribution in [0.2, 0.25) is 0 Å². The van der Waals surface area contributed by atoms with E-state index in [9.17, 15) is 0 Å². The molecule has 54 valence electrons. The molecule has 0 aromatic rings. The smallest absolute Gasteiger partial charge is 0.0304 e. The summed E-state index contributed by atoms with van der Waals surface area (Å²) in [4.78, 5) is 0. The van der Waals surface area contributed by atoms with Crippen LogP contribution in [0.15, 0.2) is 0 Å². The van der Waals surface area contributed by atoms with Crippen molar-refractivity contribution in [2.75, 3.05) is 6.54 Å². The first-order valence-corrected chi connectivity index (χ1v) is 3.51. The third-order valence-corrected chi connectivity index (χ3v) is 2.80. The highest BCUT2D eigenvalue weighted by Crippen LogP contribution is 2.51. The van der Waals surface area contributed by atoms with E-state index in [1.165, 1.54) is 12.8 Å². The van der Waals surface area contributed by atoms with Crippen LogP contribution in [0.25, 0.3) is 0 Å². The van der Waals surface area contributed by atoms with Gasteiger partial charge in [0, 0.05) is 12.1 Å². The van der Waals surface area contributed by atoms with E-state index < -0.39 is 0 Å². The maximum Gasteiger partial charge on any atom is 0.0304 e. The molecule has 1 aliphatic rings. The molecule has 0 aliphatic heterocycles. The minimum atomic E-state index is -0.132. The van der Waals surface area contributed by atoms with Gasteiger partial charge in [-0.2, -0.15) is 0 Å². The summed E-state index contributed by atoms with van der Waals surface area (Å²) in [6.07, 6.45) is 2.49. The van der Waals surface area contributed by atoms with Crippen LogP contribution in [0, 0.1) is 5.41 Å². The Hall–Kier alpha value is -0.0800. The van der Waals surface area contributed by atoms with Crippen LogP contribution in [0.1, 0.15) is 26.7 Å². The monoisotopic (exact) mass is 128 g/mol. The molecular formula is C7H16N2. The third kappa shape index (κ3) is 0.970. The van der Waals surface area contributed by atoms with E-state index >= 15 is 0 Å². The molecule has 2 nitrogen and oxygen atoms in total. The topological polar surface area (TPSA) is 52.0 Å². The lowest BCUT2D eigenvalue weighted by Crippen LogP contribution is -2.50. The van der Waals surface area contributed by atoms with Gasteiger partial charge in [0.1, 0.15) is 0 Å². The molecular weight excluding hydrogens is 112 g/mol. The number of rotatable bonds is 2. The lowest BCUT2D eigenvalue weighted by Gasteiger charge is -2.29. The Morgan fingerprint density at radius 1 is 1.56 bits per heavy atom. The van der Waals surface area contributed by atoms with E-state index in [1.54, 1.807) is 0 Å². The fraction of sp³-hybridized carbons (Fsp3) is 1.00. The highest BCUT2D eigenvalue weighted by molar-refractivity contribution is 5.06. The molecule has 4 N–H and O–H groups in total. The third-order valence-electron chi connectivity index (χ3n) is 2.80. The van der Waals surface area contributed by atoms with E-state index in [0.717, 1.165) is 0 Å². The van der Waals surface area contributed by atoms with E-state index in [-0.39, 0.29) is 5.54 Å². The van der Waals surface area contributed by atoms with E-state index in [2.05, 4.69) is 6.92 Å². The Balaban J connectivity index is 2.58. The van der Waals surface area contributed by atoms with Gasteiger partial charge < -0.3 is 11.5 Å². The van der Waals surface area contributed by atoms with Crippen molar-refractivity contribution in [3.8, 4) is 0 Å². The molecule has 1 fully saturated rings. The maximum absolute atomic E-state index is 5.93. The van der Waals surface area contributed by atoms with Gasteiger partial charge in [0.05, 0.1) is 0 Å². The molecule has 2 heteroatoms. The molecule has 0 heterocycles.